The molecule has 0 saturated carbocycles. The topological polar surface area (TPSA) is 29.3 Å². The van der Waals surface area contributed by atoms with Gasteiger partial charge < -0.3 is 5.73 Å². The van der Waals surface area contributed by atoms with Gasteiger partial charge in [0.05, 0.1) is 6.17 Å². The van der Waals surface area contributed by atoms with Crippen molar-refractivity contribution in [2.24, 2.45) is 5.73 Å². The van der Waals surface area contributed by atoms with Gasteiger partial charge in [0.25, 0.3) is 0 Å². The molecule has 8 heavy (non-hydrogen) atoms. The first kappa shape index (κ1) is 7.92. The molecule has 1 radical (unpaired) electrons. The van der Waals surface area contributed by atoms with Gasteiger partial charge in [-0.25, -0.2) is 0 Å². The van der Waals surface area contributed by atoms with Crippen LogP contribution in [0.15, 0.2) is 0 Å². The van der Waals surface area contributed by atoms with Crippen molar-refractivity contribution >= 4 is 0 Å². The molecule has 2 N–H and O–H groups in total. The summed E-state index contributed by atoms with van der Waals surface area (Å²) in [5, 5.41) is 0. The van der Waals surface area contributed by atoms with Crippen LogP contribution in [-0.2, 0) is 0 Å². The van der Waals surface area contributed by atoms with Crippen LogP contribution in [0.5, 0.6) is 0 Å². The van der Waals surface area contributed by atoms with Crippen LogP contribution in [0.3, 0.4) is 0 Å². The van der Waals surface area contributed by atoms with Crippen LogP contribution < -0.4 is 5.73 Å². The zero-order valence-corrected chi connectivity index (χ0v) is 5.89. The molecular formula is C6H15N2. The van der Waals surface area contributed by atoms with Crippen molar-refractivity contribution in [2.45, 2.75) is 19.5 Å². The van der Waals surface area contributed by atoms with Gasteiger partial charge in [-0.1, -0.05) is 13.3 Å². The highest BCUT2D eigenvalue weighted by molar-refractivity contribution is 4.74. The smallest absolute Gasteiger partial charge is 0.0599 e. The minimum absolute atomic E-state index is 0.125. The Morgan fingerprint density at radius 1 is 1.62 bits per heavy atom. The molecule has 0 aliphatic rings. The number of nitrogens with zero attached hydrogens (tertiary/aromatic N) is 1. The van der Waals surface area contributed by atoms with E-state index < -0.39 is 0 Å². The molecule has 0 aromatic rings. The highest BCUT2D eigenvalue weighted by Crippen LogP contribution is 1.92. The van der Waals surface area contributed by atoms with E-state index in [0.717, 1.165) is 6.42 Å². The molecule has 0 fully saturated rings. The summed E-state index contributed by atoms with van der Waals surface area (Å²) in [6, 6.07) is 0. The lowest BCUT2D eigenvalue weighted by Gasteiger charge is -2.17. The fourth-order valence-corrected chi connectivity index (χ4v) is 0.452. The zero-order chi connectivity index (χ0) is 6.57. The van der Waals surface area contributed by atoms with E-state index in [9.17, 15) is 0 Å². The maximum absolute atomic E-state index is 5.60. The standard InChI is InChI=1S/C6H15N2/c1-4-5-6(7)8(2)3/h5-6H,4,7H2,1-3H3. The second-order valence-electron chi connectivity index (χ2n) is 2.10. The molecule has 0 aliphatic carbocycles. The molecule has 2 nitrogen and oxygen atoms in total. The van der Waals surface area contributed by atoms with Crippen molar-refractivity contribution in [3.05, 3.63) is 6.42 Å². The highest BCUT2D eigenvalue weighted by atomic mass is 15.2. The fourth-order valence-electron chi connectivity index (χ4n) is 0.452. The number of rotatable bonds is 3. The van der Waals surface area contributed by atoms with Crippen molar-refractivity contribution in [3.63, 3.8) is 0 Å². The van der Waals surface area contributed by atoms with Gasteiger partial charge in [0.15, 0.2) is 0 Å². The summed E-state index contributed by atoms with van der Waals surface area (Å²) < 4.78 is 0. The zero-order valence-electron chi connectivity index (χ0n) is 5.89. The van der Waals surface area contributed by atoms with Gasteiger partial charge in [0.2, 0.25) is 0 Å². The Balaban J connectivity index is 3.17. The molecule has 0 aliphatic heterocycles. The average molecular weight is 115 g/mol. The Hall–Kier alpha value is -0.0800. The molecule has 0 amide bonds. The fraction of sp³-hybridized carbons (Fsp3) is 0.833. The van der Waals surface area contributed by atoms with Crippen molar-refractivity contribution in [2.75, 3.05) is 14.1 Å². The van der Waals surface area contributed by atoms with E-state index in [1.165, 1.54) is 0 Å². The first-order valence-electron chi connectivity index (χ1n) is 2.93. The summed E-state index contributed by atoms with van der Waals surface area (Å²) >= 11 is 0. The van der Waals surface area contributed by atoms with Gasteiger partial charge in [0.1, 0.15) is 0 Å². The van der Waals surface area contributed by atoms with E-state index >= 15 is 0 Å². The lowest BCUT2D eigenvalue weighted by molar-refractivity contribution is 0.329. The molecule has 1 unspecified atom stereocenters. The Morgan fingerprint density at radius 2 is 2.12 bits per heavy atom. The van der Waals surface area contributed by atoms with Crippen LogP contribution in [0.1, 0.15) is 13.3 Å². The molecule has 0 spiro atoms. The normalized spacial score (nSPS) is 14.6. The van der Waals surface area contributed by atoms with Crippen LogP contribution in [0.4, 0.5) is 0 Å². The Kier molecular flexibility index (Phi) is 3.83. The average Bonchev–Trinajstić information content (AvgIpc) is 1.67. The highest BCUT2D eigenvalue weighted by Gasteiger charge is 2.00. The van der Waals surface area contributed by atoms with Crippen molar-refractivity contribution < 1.29 is 0 Å². The first-order chi connectivity index (χ1) is 3.68. The van der Waals surface area contributed by atoms with Gasteiger partial charge in [-0.2, -0.15) is 0 Å². The van der Waals surface area contributed by atoms with E-state index in [0.29, 0.717) is 0 Å². The maximum Gasteiger partial charge on any atom is 0.0599 e. The van der Waals surface area contributed by atoms with Crippen LogP contribution in [0.25, 0.3) is 0 Å². The van der Waals surface area contributed by atoms with Gasteiger partial charge in [-0.3, -0.25) is 4.90 Å². The molecule has 1 atom stereocenters. The SMILES string of the molecule is CC[CH]C(N)N(C)C. The van der Waals surface area contributed by atoms with Crippen LogP contribution in [0.2, 0.25) is 0 Å². The predicted octanol–water partition coefficient (Wildman–Crippen LogP) is 0.447. The second-order valence-corrected chi connectivity index (χ2v) is 2.10. The van der Waals surface area contributed by atoms with Gasteiger partial charge >= 0.3 is 0 Å². The van der Waals surface area contributed by atoms with E-state index in [2.05, 4.69) is 13.3 Å². The minimum Gasteiger partial charge on any atom is -0.315 e. The lowest BCUT2D eigenvalue weighted by atomic mass is 10.3. The third kappa shape index (κ3) is 2.99. The largest absolute Gasteiger partial charge is 0.315 e. The summed E-state index contributed by atoms with van der Waals surface area (Å²) in [4.78, 5) is 1.98. The quantitative estimate of drug-likeness (QED) is 0.541. The Bertz CT molecular complexity index is 52.5. The van der Waals surface area contributed by atoms with Crippen molar-refractivity contribution in [1.29, 1.82) is 0 Å². The molecule has 0 rings (SSSR count). The number of hydrogen-bond acceptors (Lipinski definition) is 2. The van der Waals surface area contributed by atoms with Crippen molar-refractivity contribution in [1.82, 2.24) is 4.90 Å². The van der Waals surface area contributed by atoms with Crippen molar-refractivity contribution in [3.8, 4) is 0 Å². The summed E-state index contributed by atoms with van der Waals surface area (Å²) in [6.07, 6.45) is 3.24. The van der Waals surface area contributed by atoms with E-state index in [1.54, 1.807) is 0 Å². The molecular weight excluding hydrogens is 100 g/mol. The van der Waals surface area contributed by atoms with Crippen LogP contribution in [0, 0.1) is 6.42 Å². The molecule has 0 saturated heterocycles. The van der Waals surface area contributed by atoms with E-state index in [4.69, 9.17) is 5.73 Å². The summed E-state index contributed by atoms with van der Waals surface area (Å²) in [5.74, 6) is 0. The molecule has 0 aromatic heterocycles. The monoisotopic (exact) mass is 115 g/mol. The summed E-state index contributed by atoms with van der Waals surface area (Å²) in [7, 11) is 3.94. The number of hydrogen-bond donors (Lipinski definition) is 1. The Labute approximate surface area is 51.7 Å². The predicted molar refractivity (Wildman–Crippen MR) is 36.3 cm³/mol. The molecule has 0 bridgehead atoms. The van der Waals surface area contributed by atoms with Crippen LogP contribution in [-0.4, -0.2) is 25.2 Å². The third-order valence-corrected chi connectivity index (χ3v) is 1.07. The Morgan fingerprint density at radius 3 is 2.25 bits per heavy atom. The summed E-state index contributed by atoms with van der Waals surface area (Å²) in [6.45, 7) is 2.09. The van der Waals surface area contributed by atoms with Gasteiger partial charge in [0, 0.05) is 0 Å². The molecule has 2 heteroatoms. The number of nitrogens with two attached hydrogens (primary N) is 1. The first-order valence-corrected chi connectivity index (χ1v) is 2.93. The molecule has 0 aromatic carbocycles. The summed E-state index contributed by atoms with van der Waals surface area (Å²) in [5.41, 5.74) is 5.60. The lowest BCUT2D eigenvalue weighted by Crippen LogP contribution is -2.36. The molecule has 49 valence electrons. The van der Waals surface area contributed by atoms with E-state index in [1.807, 2.05) is 19.0 Å². The molecule has 0 heterocycles. The third-order valence-electron chi connectivity index (χ3n) is 1.07. The second kappa shape index (κ2) is 3.87. The van der Waals surface area contributed by atoms with Crippen LogP contribution >= 0.6 is 0 Å². The maximum atomic E-state index is 5.60. The van der Waals surface area contributed by atoms with E-state index in [-0.39, 0.29) is 6.17 Å². The van der Waals surface area contributed by atoms with Gasteiger partial charge in [-0.05, 0) is 20.5 Å². The van der Waals surface area contributed by atoms with Gasteiger partial charge in [-0.15, -0.1) is 0 Å². The minimum atomic E-state index is 0.125.